The van der Waals surface area contributed by atoms with Crippen LogP contribution in [0.15, 0.2) is 48.5 Å². The van der Waals surface area contributed by atoms with E-state index in [1.165, 1.54) is 0 Å². The molecule has 2 aromatic rings. The van der Waals surface area contributed by atoms with Crippen molar-refractivity contribution in [3.63, 3.8) is 0 Å². The summed E-state index contributed by atoms with van der Waals surface area (Å²) in [6.45, 7) is 4.10. The molecule has 0 radical (unpaired) electrons. The number of carbonyl (C=O) groups is 2. The topological polar surface area (TPSA) is 75.6 Å². The lowest BCUT2D eigenvalue weighted by molar-refractivity contribution is -0.127. The Morgan fingerprint density at radius 1 is 1.17 bits per heavy atom. The smallest absolute Gasteiger partial charge is 0.335 e. The summed E-state index contributed by atoms with van der Waals surface area (Å²) < 4.78 is 5.59. The summed E-state index contributed by atoms with van der Waals surface area (Å²) in [7, 11) is 0. The Balaban J connectivity index is 1.81. The Morgan fingerprint density at radius 2 is 1.88 bits per heavy atom. The largest absolute Gasteiger partial charge is 0.481 e. The average molecular weight is 327 g/mol. The van der Waals surface area contributed by atoms with Gasteiger partial charge >= 0.3 is 5.97 Å². The highest BCUT2D eigenvalue weighted by Crippen LogP contribution is 2.13. The Labute approximate surface area is 141 Å². The molecule has 0 fully saturated rings. The SMILES string of the molecule is Cc1ccc(OC(C)C(=O)NCCc2cccc(C(=O)O)c2)cc1. The van der Waals surface area contributed by atoms with Crippen LogP contribution in [0.2, 0.25) is 0 Å². The van der Waals surface area contributed by atoms with Crippen LogP contribution in [0.5, 0.6) is 5.75 Å². The fraction of sp³-hybridized carbons (Fsp3) is 0.263. The quantitative estimate of drug-likeness (QED) is 0.820. The van der Waals surface area contributed by atoms with Crippen LogP contribution in [0, 0.1) is 6.92 Å². The van der Waals surface area contributed by atoms with Gasteiger partial charge in [-0.05, 0) is 50.1 Å². The van der Waals surface area contributed by atoms with Gasteiger partial charge in [0.25, 0.3) is 5.91 Å². The lowest BCUT2D eigenvalue weighted by Crippen LogP contribution is -2.37. The predicted molar refractivity (Wildman–Crippen MR) is 91.4 cm³/mol. The van der Waals surface area contributed by atoms with Gasteiger partial charge in [-0.2, -0.15) is 0 Å². The number of nitrogens with one attached hydrogen (secondary N) is 1. The molecule has 0 aliphatic carbocycles. The van der Waals surface area contributed by atoms with Crippen molar-refractivity contribution in [2.24, 2.45) is 0 Å². The second-order valence-corrected chi connectivity index (χ2v) is 5.62. The molecule has 5 heteroatoms. The molecule has 5 nitrogen and oxygen atoms in total. The highest BCUT2D eigenvalue weighted by molar-refractivity contribution is 5.87. The van der Waals surface area contributed by atoms with E-state index in [0.717, 1.165) is 11.1 Å². The number of amides is 1. The molecule has 1 unspecified atom stereocenters. The second kappa shape index (κ2) is 8.15. The molecule has 2 aromatic carbocycles. The van der Waals surface area contributed by atoms with Gasteiger partial charge in [-0.15, -0.1) is 0 Å². The van der Waals surface area contributed by atoms with Crippen molar-refractivity contribution < 1.29 is 19.4 Å². The van der Waals surface area contributed by atoms with E-state index in [4.69, 9.17) is 9.84 Å². The van der Waals surface area contributed by atoms with Crippen molar-refractivity contribution in [3.8, 4) is 5.75 Å². The first kappa shape index (κ1) is 17.5. The van der Waals surface area contributed by atoms with Gasteiger partial charge in [-0.1, -0.05) is 29.8 Å². The van der Waals surface area contributed by atoms with Crippen molar-refractivity contribution in [1.29, 1.82) is 0 Å². The molecule has 0 heterocycles. The van der Waals surface area contributed by atoms with Crippen molar-refractivity contribution in [1.82, 2.24) is 5.32 Å². The van der Waals surface area contributed by atoms with Crippen LogP contribution in [0.3, 0.4) is 0 Å². The van der Waals surface area contributed by atoms with Crippen molar-refractivity contribution in [2.45, 2.75) is 26.4 Å². The Kier molecular flexibility index (Phi) is 5.95. The third-order valence-corrected chi connectivity index (χ3v) is 3.59. The highest BCUT2D eigenvalue weighted by Gasteiger charge is 2.14. The number of ether oxygens (including phenoxy) is 1. The summed E-state index contributed by atoms with van der Waals surface area (Å²) in [4.78, 5) is 23.0. The molecule has 2 N–H and O–H groups in total. The van der Waals surface area contributed by atoms with Gasteiger partial charge in [-0.25, -0.2) is 4.79 Å². The molecule has 0 saturated carbocycles. The lowest BCUT2D eigenvalue weighted by atomic mass is 10.1. The zero-order chi connectivity index (χ0) is 17.5. The molecular formula is C19H21NO4. The van der Waals surface area contributed by atoms with Gasteiger partial charge in [0, 0.05) is 6.54 Å². The first-order valence-corrected chi connectivity index (χ1v) is 7.79. The minimum atomic E-state index is -0.957. The minimum absolute atomic E-state index is 0.204. The first-order chi connectivity index (χ1) is 11.5. The summed E-state index contributed by atoms with van der Waals surface area (Å²) in [6, 6.07) is 14.2. The van der Waals surface area contributed by atoms with Gasteiger partial charge in [-0.3, -0.25) is 4.79 Å². The Hall–Kier alpha value is -2.82. The van der Waals surface area contributed by atoms with Crippen LogP contribution in [-0.2, 0) is 11.2 Å². The average Bonchev–Trinajstić information content (AvgIpc) is 2.57. The zero-order valence-corrected chi connectivity index (χ0v) is 13.8. The van der Waals surface area contributed by atoms with Crippen LogP contribution >= 0.6 is 0 Å². The highest BCUT2D eigenvalue weighted by atomic mass is 16.5. The maximum absolute atomic E-state index is 12.0. The summed E-state index contributed by atoms with van der Waals surface area (Å²) in [5.41, 5.74) is 2.24. The maximum Gasteiger partial charge on any atom is 0.335 e. The van der Waals surface area contributed by atoms with Crippen LogP contribution in [-0.4, -0.2) is 29.6 Å². The maximum atomic E-state index is 12.0. The van der Waals surface area contributed by atoms with E-state index in [1.807, 2.05) is 37.3 Å². The first-order valence-electron chi connectivity index (χ1n) is 7.79. The van der Waals surface area contributed by atoms with E-state index in [9.17, 15) is 9.59 Å². The Morgan fingerprint density at radius 3 is 2.54 bits per heavy atom. The standard InChI is InChI=1S/C19H21NO4/c1-13-6-8-17(9-7-13)24-14(2)18(21)20-11-10-15-4-3-5-16(12-15)19(22)23/h3-9,12,14H,10-11H2,1-2H3,(H,20,21)(H,22,23). The van der Waals surface area contributed by atoms with E-state index in [-0.39, 0.29) is 11.5 Å². The predicted octanol–water partition coefficient (Wildman–Crippen LogP) is 2.82. The number of aryl methyl sites for hydroxylation is 1. The number of rotatable bonds is 7. The molecule has 0 aliphatic heterocycles. The van der Waals surface area contributed by atoms with E-state index in [1.54, 1.807) is 25.1 Å². The third-order valence-electron chi connectivity index (χ3n) is 3.59. The molecule has 2 rings (SSSR count). The fourth-order valence-electron chi connectivity index (χ4n) is 2.21. The molecular weight excluding hydrogens is 306 g/mol. The zero-order valence-electron chi connectivity index (χ0n) is 13.8. The number of carbonyl (C=O) groups excluding carboxylic acids is 1. The summed E-state index contributed by atoms with van der Waals surface area (Å²) >= 11 is 0. The molecule has 1 atom stereocenters. The van der Waals surface area contributed by atoms with Crippen LogP contribution in [0.25, 0.3) is 0 Å². The summed E-state index contributed by atoms with van der Waals surface area (Å²) in [5.74, 6) is -0.511. The van der Waals surface area contributed by atoms with E-state index in [2.05, 4.69) is 5.32 Å². The van der Waals surface area contributed by atoms with Crippen LogP contribution in [0.1, 0.15) is 28.4 Å². The number of hydrogen-bond acceptors (Lipinski definition) is 3. The number of aromatic carboxylic acids is 1. The molecule has 24 heavy (non-hydrogen) atoms. The summed E-state index contributed by atoms with van der Waals surface area (Å²) in [5, 5.41) is 11.8. The van der Waals surface area contributed by atoms with Gasteiger partial charge in [0.15, 0.2) is 6.10 Å². The molecule has 1 amide bonds. The van der Waals surface area contributed by atoms with Gasteiger partial charge in [0.1, 0.15) is 5.75 Å². The number of carboxylic acid groups (broad SMARTS) is 1. The van der Waals surface area contributed by atoms with Crippen molar-refractivity contribution in [3.05, 3.63) is 65.2 Å². The van der Waals surface area contributed by atoms with Gasteiger partial charge in [0.2, 0.25) is 0 Å². The normalized spacial score (nSPS) is 11.6. The molecule has 126 valence electrons. The second-order valence-electron chi connectivity index (χ2n) is 5.62. The third kappa shape index (κ3) is 5.12. The minimum Gasteiger partial charge on any atom is -0.481 e. The van der Waals surface area contributed by atoms with Crippen LogP contribution in [0.4, 0.5) is 0 Å². The number of carboxylic acids is 1. The van der Waals surface area contributed by atoms with Crippen LogP contribution < -0.4 is 10.1 Å². The molecule has 0 aromatic heterocycles. The van der Waals surface area contributed by atoms with E-state index < -0.39 is 12.1 Å². The van der Waals surface area contributed by atoms with E-state index >= 15 is 0 Å². The van der Waals surface area contributed by atoms with Crippen molar-refractivity contribution >= 4 is 11.9 Å². The van der Waals surface area contributed by atoms with E-state index in [0.29, 0.717) is 18.7 Å². The van der Waals surface area contributed by atoms with Gasteiger partial charge < -0.3 is 15.2 Å². The number of hydrogen-bond donors (Lipinski definition) is 2. The van der Waals surface area contributed by atoms with Crippen molar-refractivity contribution in [2.75, 3.05) is 6.54 Å². The molecule has 0 aliphatic rings. The molecule has 0 bridgehead atoms. The molecule has 0 spiro atoms. The Bertz CT molecular complexity index is 710. The fourth-order valence-corrected chi connectivity index (χ4v) is 2.21. The summed E-state index contributed by atoms with van der Waals surface area (Å²) in [6.07, 6.45) is -0.0394. The lowest BCUT2D eigenvalue weighted by Gasteiger charge is -2.15. The van der Waals surface area contributed by atoms with Gasteiger partial charge in [0.05, 0.1) is 5.56 Å². The number of benzene rings is 2. The monoisotopic (exact) mass is 327 g/mol. The molecule has 0 saturated heterocycles.